The number of aryl methyl sites for hydroxylation is 2. The van der Waals surface area contributed by atoms with Gasteiger partial charge in [-0.05, 0) is 37.1 Å². The van der Waals surface area contributed by atoms with Crippen LogP contribution < -0.4 is 10.6 Å². The summed E-state index contributed by atoms with van der Waals surface area (Å²) in [6.45, 7) is 4.71. The van der Waals surface area contributed by atoms with Crippen molar-refractivity contribution in [2.24, 2.45) is 7.05 Å². The highest BCUT2D eigenvalue weighted by Gasteiger charge is 2.13. The smallest absolute Gasteiger partial charge is 0.234 e. The summed E-state index contributed by atoms with van der Waals surface area (Å²) in [5.41, 5.74) is 4.09. The van der Waals surface area contributed by atoms with Crippen LogP contribution in [-0.4, -0.2) is 26.4 Å². The highest BCUT2D eigenvalue weighted by molar-refractivity contribution is 7.99. The van der Waals surface area contributed by atoms with E-state index in [1.807, 2.05) is 29.8 Å². The minimum Gasteiger partial charge on any atom is -0.377 e. The number of nitrogens with one attached hydrogen (secondary N) is 2. The summed E-state index contributed by atoms with van der Waals surface area (Å²) < 4.78 is 1.90. The van der Waals surface area contributed by atoms with Gasteiger partial charge in [0.1, 0.15) is 0 Å². The molecule has 3 rings (SSSR count). The van der Waals surface area contributed by atoms with E-state index in [0.29, 0.717) is 22.4 Å². The number of carbonyl (C=O) groups excluding carboxylic acids is 1. The summed E-state index contributed by atoms with van der Waals surface area (Å²) in [7, 11) is 1.90. The van der Waals surface area contributed by atoms with E-state index < -0.39 is 0 Å². The van der Waals surface area contributed by atoms with Crippen LogP contribution in [0.2, 0.25) is 5.02 Å². The van der Waals surface area contributed by atoms with E-state index in [4.69, 9.17) is 11.6 Å². The number of halogens is 1. The highest BCUT2D eigenvalue weighted by atomic mass is 35.5. The molecule has 28 heavy (non-hydrogen) atoms. The Kier molecular flexibility index (Phi) is 6.59. The zero-order valence-corrected chi connectivity index (χ0v) is 17.6. The molecule has 2 N–H and O–H groups in total. The van der Waals surface area contributed by atoms with Gasteiger partial charge in [0.15, 0.2) is 11.0 Å². The second-order valence-corrected chi connectivity index (χ2v) is 7.74. The summed E-state index contributed by atoms with van der Waals surface area (Å²) in [6.07, 6.45) is 0. The third-order valence-corrected chi connectivity index (χ3v) is 5.66. The summed E-state index contributed by atoms with van der Waals surface area (Å²) in [5, 5.41) is 15.9. The van der Waals surface area contributed by atoms with E-state index in [-0.39, 0.29) is 11.7 Å². The molecule has 0 atom stereocenters. The Labute approximate surface area is 173 Å². The predicted octanol–water partition coefficient (Wildman–Crippen LogP) is 4.43. The fourth-order valence-electron chi connectivity index (χ4n) is 2.76. The number of amides is 1. The van der Waals surface area contributed by atoms with Gasteiger partial charge in [-0.3, -0.25) is 4.79 Å². The highest BCUT2D eigenvalue weighted by Crippen LogP contribution is 2.23. The second kappa shape index (κ2) is 9.12. The minimum atomic E-state index is -0.142. The first-order valence-electron chi connectivity index (χ1n) is 8.81. The number of nitrogens with zero attached hydrogens (tertiary/aromatic N) is 3. The monoisotopic (exact) mass is 415 g/mol. The predicted molar refractivity (Wildman–Crippen MR) is 115 cm³/mol. The van der Waals surface area contributed by atoms with Crippen LogP contribution >= 0.6 is 23.4 Å². The Hall–Kier alpha value is -2.51. The van der Waals surface area contributed by atoms with Crippen molar-refractivity contribution >= 4 is 40.6 Å². The van der Waals surface area contributed by atoms with Gasteiger partial charge in [-0.25, -0.2) is 0 Å². The molecule has 0 saturated heterocycles. The van der Waals surface area contributed by atoms with Crippen molar-refractivity contribution in [2.45, 2.75) is 25.5 Å². The van der Waals surface area contributed by atoms with Crippen molar-refractivity contribution in [3.05, 3.63) is 64.4 Å². The molecular formula is C20H22ClN5OS. The quantitative estimate of drug-likeness (QED) is 0.558. The largest absolute Gasteiger partial charge is 0.377 e. The van der Waals surface area contributed by atoms with E-state index in [1.54, 1.807) is 12.1 Å². The Morgan fingerprint density at radius 1 is 1.11 bits per heavy atom. The van der Waals surface area contributed by atoms with Crippen LogP contribution in [0.25, 0.3) is 0 Å². The number of para-hydroxylation sites is 2. The van der Waals surface area contributed by atoms with E-state index in [1.165, 1.54) is 22.9 Å². The lowest BCUT2D eigenvalue weighted by atomic mass is 10.1. The first-order valence-corrected chi connectivity index (χ1v) is 10.2. The maximum absolute atomic E-state index is 12.2. The van der Waals surface area contributed by atoms with Crippen LogP contribution in [0.4, 0.5) is 11.4 Å². The molecule has 0 unspecified atom stereocenters. The summed E-state index contributed by atoms with van der Waals surface area (Å²) in [4.78, 5) is 12.2. The van der Waals surface area contributed by atoms with Crippen LogP contribution in [0.15, 0.2) is 47.6 Å². The van der Waals surface area contributed by atoms with Gasteiger partial charge in [-0.15, -0.1) is 10.2 Å². The van der Waals surface area contributed by atoms with Gasteiger partial charge in [-0.2, -0.15) is 0 Å². The molecule has 0 saturated carbocycles. The third kappa shape index (κ3) is 4.85. The fourth-order valence-corrected chi connectivity index (χ4v) is 3.68. The maximum Gasteiger partial charge on any atom is 0.234 e. The van der Waals surface area contributed by atoms with Crippen molar-refractivity contribution < 1.29 is 4.79 Å². The van der Waals surface area contributed by atoms with Crippen LogP contribution in [0.5, 0.6) is 0 Å². The summed E-state index contributed by atoms with van der Waals surface area (Å²) >= 11 is 7.40. The zero-order valence-electron chi connectivity index (χ0n) is 16.0. The second-order valence-electron chi connectivity index (χ2n) is 6.39. The summed E-state index contributed by atoms with van der Waals surface area (Å²) in [5.74, 6) is 0.884. The molecule has 8 heteroatoms. The molecule has 0 aliphatic carbocycles. The van der Waals surface area contributed by atoms with Crippen molar-refractivity contribution in [1.29, 1.82) is 0 Å². The normalized spacial score (nSPS) is 10.7. The average molecular weight is 416 g/mol. The van der Waals surface area contributed by atoms with Gasteiger partial charge in [0.05, 0.1) is 23.0 Å². The molecule has 146 valence electrons. The Balaban J connectivity index is 1.57. The van der Waals surface area contributed by atoms with Gasteiger partial charge < -0.3 is 15.2 Å². The Morgan fingerprint density at radius 3 is 2.54 bits per heavy atom. The lowest BCUT2D eigenvalue weighted by molar-refractivity contribution is -0.113. The Bertz CT molecular complexity index is 968. The van der Waals surface area contributed by atoms with Crippen molar-refractivity contribution in [1.82, 2.24) is 14.8 Å². The van der Waals surface area contributed by atoms with E-state index in [2.05, 4.69) is 46.8 Å². The van der Waals surface area contributed by atoms with Crippen molar-refractivity contribution in [3.8, 4) is 0 Å². The van der Waals surface area contributed by atoms with Crippen LogP contribution in [0.1, 0.15) is 17.0 Å². The summed E-state index contributed by atoms with van der Waals surface area (Å²) in [6, 6.07) is 13.3. The molecule has 1 amide bonds. The lowest BCUT2D eigenvalue weighted by Gasteiger charge is -2.12. The number of benzene rings is 2. The molecule has 0 radical (unpaired) electrons. The lowest BCUT2D eigenvalue weighted by Crippen LogP contribution is -2.15. The van der Waals surface area contributed by atoms with E-state index in [0.717, 1.165) is 11.5 Å². The molecular weight excluding hydrogens is 394 g/mol. The molecule has 0 fully saturated rings. The molecule has 0 aliphatic heterocycles. The first-order chi connectivity index (χ1) is 13.5. The number of rotatable bonds is 7. The minimum absolute atomic E-state index is 0.142. The standard InChI is InChI=1S/C20H22ClN5OS/c1-13-7-6-8-14(2)19(13)22-11-17-24-25-20(26(17)3)28-12-18(27)23-16-10-5-4-9-15(16)21/h4-10,22H,11-12H2,1-3H3,(H,23,27). The Morgan fingerprint density at radius 2 is 1.82 bits per heavy atom. The van der Waals surface area contributed by atoms with Crippen LogP contribution in [0.3, 0.4) is 0 Å². The van der Waals surface area contributed by atoms with Gasteiger partial charge in [0, 0.05) is 12.7 Å². The molecule has 0 bridgehead atoms. The number of anilines is 2. The van der Waals surface area contributed by atoms with Gasteiger partial charge in [0.25, 0.3) is 0 Å². The van der Waals surface area contributed by atoms with E-state index >= 15 is 0 Å². The van der Waals surface area contributed by atoms with Gasteiger partial charge in [0.2, 0.25) is 5.91 Å². The molecule has 1 aromatic heterocycles. The number of aromatic nitrogens is 3. The SMILES string of the molecule is Cc1cccc(C)c1NCc1nnc(SCC(=O)Nc2ccccc2Cl)n1C. The molecule has 0 aliphatic rings. The maximum atomic E-state index is 12.2. The molecule has 2 aromatic carbocycles. The van der Waals surface area contributed by atoms with E-state index in [9.17, 15) is 4.79 Å². The number of hydrogen-bond donors (Lipinski definition) is 2. The number of thioether (sulfide) groups is 1. The number of hydrogen-bond acceptors (Lipinski definition) is 5. The topological polar surface area (TPSA) is 71.8 Å². The molecule has 0 spiro atoms. The average Bonchev–Trinajstić information content (AvgIpc) is 3.01. The fraction of sp³-hybridized carbons (Fsp3) is 0.250. The van der Waals surface area contributed by atoms with Crippen LogP contribution in [0, 0.1) is 13.8 Å². The van der Waals surface area contributed by atoms with Crippen LogP contribution in [-0.2, 0) is 18.4 Å². The van der Waals surface area contributed by atoms with Crippen molar-refractivity contribution in [2.75, 3.05) is 16.4 Å². The van der Waals surface area contributed by atoms with Gasteiger partial charge in [-0.1, -0.05) is 53.7 Å². The molecule has 3 aromatic rings. The third-order valence-electron chi connectivity index (χ3n) is 4.31. The molecule has 6 nitrogen and oxygen atoms in total. The van der Waals surface area contributed by atoms with Gasteiger partial charge >= 0.3 is 0 Å². The first kappa shape index (κ1) is 20.2. The zero-order chi connectivity index (χ0) is 20.1. The molecule has 1 heterocycles. The number of carbonyl (C=O) groups is 1. The van der Waals surface area contributed by atoms with Crippen molar-refractivity contribution in [3.63, 3.8) is 0 Å².